The van der Waals surface area contributed by atoms with Crippen LogP contribution in [0.25, 0.3) is 22.2 Å². The van der Waals surface area contributed by atoms with E-state index in [0.717, 1.165) is 11.0 Å². The minimum Gasteiger partial charge on any atom is -0.387 e. The molecule has 4 atom stereocenters. The number of nitrogen functional groups attached to an aromatic ring is 1. The summed E-state index contributed by atoms with van der Waals surface area (Å²) in [6.45, 7) is 0. The Morgan fingerprint density at radius 1 is 1.14 bits per heavy atom. The number of para-hydroxylation sites is 1. The first-order chi connectivity index (χ1) is 14.1. The number of rotatable bonds is 5. The number of imidazole rings is 1. The summed E-state index contributed by atoms with van der Waals surface area (Å²) < 4.78 is 9.30. The first-order valence-electron chi connectivity index (χ1n) is 8.94. The lowest BCUT2D eigenvalue weighted by Crippen LogP contribution is -2.32. The van der Waals surface area contributed by atoms with Crippen molar-refractivity contribution in [3.8, 4) is 0 Å². The van der Waals surface area contributed by atoms with Gasteiger partial charge in [-0.3, -0.25) is 4.57 Å². The van der Waals surface area contributed by atoms with Crippen molar-refractivity contribution in [2.75, 3.05) is 11.5 Å². The molecule has 4 heterocycles. The van der Waals surface area contributed by atoms with Crippen LogP contribution < -0.4 is 5.73 Å². The number of aromatic nitrogens is 7. The van der Waals surface area contributed by atoms with Gasteiger partial charge < -0.3 is 20.7 Å². The molecule has 1 aromatic carbocycles. The molecule has 29 heavy (non-hydrogen) atoms. The van der Waals surface area contributed by atoms with E-state index < -0.39 is 24.5 Å². The number of nitrogens with zero attached hydrogens (tertiary/aromatic N) is 7. The summed E-state index contributed by atoms with van der Waals surface area (Å²) in [7, 11) is 0. The standard InChI is InChI=1S/C17H18N8O3S/c18-15-12-16(20-6-19-15)24(7-21-12)17-14(27)13(26)11(28-17)5-29-8-25-10-4-2-1-3-9(10)22-23-25/h1-4,6-7,11,13-14,17,26-27H,5,8H2,(H2,18,19,20). The van der Waals surface area contributed by atoms with Gasteiger partial charge in [0, 0.05) is 5.75 Å². The molecule has 0 aliphatic carbocycles. The Labute approximate surface area is 168 Å². The molecule has 1 aliphatic rings. The maximum Gasteiger partial charge on any atom is 0.167 e. The fourth-order valence-electron chi connectivity index (χ4n) is 3.42. The Bertz CT molecular complexity index is 1160. The summed E-state index contributed by atoms with van der Waals surface area (Å²) in [4.78, 5) is 12.3. The van der Waals surface area contributed by atoms with Gasteiger partial charge in [0.1, 0.15) is 29.6 Å². The van der Waals surface area contributed by atoms with Crippen molar-refractivity contribution < 1.29 is 14.9 Å². The molecule has 1 saturated heterocycles. The van der Waals surface area contributed by atoms with Gasteiger partial charge in [-0.2, -0.15) is 0 Å². The highest BCUT2D eigenvalue weighted by Gasteiger charge is 2.44. The average molecular weight is 414 g/mol. The van der Waals surface area contributed by atoms with Crippen molar-refractivity contribution in [2.45, 2.75) is 30.4 Å². The number of aliphatic hydroxyl groups excluding tert-OH is 2. The zero-order valence-corrected chi connectivity index (χ0v) is 15.9. The summed E-state index contributed by atoms with van der Waals surface area (Å²) in [5.41, 5.74) is 8.44. The van der Waals surface area contributed by atoms with Crippen LogP contribution in [0.1, 0.15) is 6.23 Å². The summed E-state index contributed by atoms with van der Waals surface area (Å²) in [5.74, 6) is 1.26. The van der Waals surface area contributed by atoms with E-state index in [1.807, 2.05) is 24.3 Å². The van der Waals surface area contributed by atoms with Crippen molar-refractivity contribution >= 4 is 39.8 Å². The van der Waals surface area contributed by atoms with Crippen molar-refractivity contribution in [1.29, 1.82) is 0 Å². The van der Waals surface area contributed by atoms with Crippen LogP contribution in [-0.2, 0) is 10.6 Å². The molecule has 4 unspecified atom stereocenters. The molecule has 1 fully saturated rings. The predicted molar refractivity (Wildman–Crippen MR) is 106 cm³/mol. The van der Waals surface area contributed by atoms with E-state index >= 15 is 0 Å². The molecule has 0 bridgehead atoms. The molecule has 1 aliphatic heterocycles. The van der Waals surface area contributed by atoms with E-state index in [2.05, 4.69) is 25.3 Å². The Hall–Kier alpha value is -2.80. The van der Waals surface area contributed by atoms with Crippen LogP contribution in [0.5, 0.6) is 0 Å². The second-order valence-corrected chi connectivity index (χ2v) is 7.71. The minimum absolute atomic E-state index is 0.244. The number of ether oxygens (including phenoxy) is 1. The molecule has 4 aromatic rings. The summed E-state index contributed by atoms with van der Waals surface area (Å²) in [6.07, 6.45) is -0.747. The maximum absolute atomic E-state index is 10.5. The zero-order chi connectivity index (χ0) is 20.0. The van der Waals surface area contributed by atoms with E-state index in [0.29, 0.717) is 22.8 Å². The largest absolute Gasteiger partial charge is 0.387 e. The molecule has 0 saturated carbocycles. The molecular weight excluding hydrogens is 396 g/mol. The predicted octanol–water partition coefficient (Wildman–Crippen LogP) is 0.163. The molecule has 3 aromatic heterocycles. The number of nitrogens with two attached hydrogens (primary N) is 1. The molecule has 4 N–H and O–H groups in total. The third-order valence-electron chi connectivity index (χ3n) is 4.91. The Morgan fingerprint density at radius 3 is 2.90 bits per heavy atom. The lowest BCUT2D eigenvalue weighted by atomic mass is 10.1. The number of hydrogen-bond donors (Lipinski definition) is 3. The normalized spacial score (nSPS) is 24.6. The second-order valence-electron chi connectivity index (χ2n) is 6.71. The van der Waals surface area contributed by atoms with Gasteiger partial charge in [-0.15, -0.1) is 16.9 Å². The van der Waals surface area contributed by atoms with Crippen LogP contribution in [-0.4, -0.2) is 68.8 Å². The van der Waals surface area contributed by atoms with Crippen molar-refractivity contribution in [3.05, 3.63) is 36.9 Å². The number of benzene rings is 1. The number of anilines is 1. The monoisotopic (exact) mass is 414 g/mol. The minimum atomic E-state index is -1.12. The number of hydrogen-bond acceptors (Lipinski definition) is 10. The third-order valence-corrected chi connectivity index (χ3v) is 5.91. The highest BCUT2D eigenvalue weighted by molar-refractivity contribution is 7.98. The Kier molecular flexibility index (Phi) is 4.54. The van der Waals surface area contributed by atoms with Crippen molar-refractivity contribution in [1.82, 2.24) is 34.5 Å². The Morgan fingerprint density at radius 2 is 2.00 bits per heavy atom. The van der Waals surface area contributed by atoms with Crippen LogP contribution in [0.15, 0.2) is 36.9 Å². The number of fused-ring (bicyclic) bond motifs is 2. The topological polar surface area (TPSA) is 150 Å². The maximum atomic E-state index is 10.5. The second kappa shape index (κ2) is 7.22. The lowest BCUT2D eigenvalue weighted by Gasteiger charge is -2.16. The molecule has 0 amide bonds. The van der Waals surface area contributed by atoms with Gasteiger partial charge in [-0.25, -0.2) is 19.6 Å². The van der Waals surface area contributed by atoms with Gasteiger partial charge >= 0.3 is 0 Å². The molecular formula is C17H18N8O3S. The average Bonchev–Trinajstić information content (AvgIpc) is 3.41. The van der Waals surface area contributed by atoms with Gasteiger partial charge in [0.15, 0.2) is 17.7 Å². The molecule has 12 heteroatoms. The van der Waals surface area contributed by atoms with E-state index in [4.69, 9.17) is 10.5 Å². The highest BCUT2D eigenvalue weighted by atomic mass is 32.2. The lowest BCUT2D eigenvalue weighted by molar-refractivity contribution is -0.0289. The first-order valence-corrected chi connectivity index (χ1v) is 10.1. The van der Waals surface area contributed by atoms with Gasteiger partial charge in [-0.05, 0) is 12.1 Å². The number of aliphatic hydroxyl groups is 2. The smallest absolute Gasteiger partial charge is 0.167 e. The van der Waals surface area contributed by atoms with Gasteiger partial charge in [0.2, 0.25) is 0 Å². The fraction of sp³-hybridized carbons (Fsp3) is 0.353. The van der Waals surface area contributed by atoms with Crippen LogP contribution in [0.3, 0.4) is 0 Å². The molecule has 150 valence electrons. The number of thioether (sulfide) groups is 1. The fourth-order valence-corrected chi connectivity index (χ4v) is 4.40. The van der Waals surface area contributed by atoms with Crippen LogP contribution >= 0.6 is 11.8 Å². The molecule has 5 rings (SSSR count). The van der Waals surface area contributed by atoms with Crippen LogP contribution in [0.2, 0.25) is 0 Å². The van der Waals surface area contributed by atoms with Gasteiger partial charge in [0.05, 0.1) is 23.8 Å². The van der Waals surface area contributed by atoms with Crippen molar-refractivity contribution in [3.63, 3.8) is 0 Å². The molecule has 0 spiro atoms. The van der Waals surface area contributed by atoms with Gasteiger partial charge in [-0.1, -0.05) is 17.3 Å². The highest BCUT2D eigenvalue weighted by Crippen LogP contribution is 2.33. The van der Waals surface area contributed by atoms with E-state index in [-0.39, 0.29) is 5.82 Å². The summed E-state index contributed by atoms with van der Waals surface area (Å²) >= 11 is 1.53. The van der Waals surface area contributed by atoms with E-state index in [1.54, 1.807) is 9.25 Å². The summed E-state index contributed by atoms with van der Waals surface area (Å²) in [5, 5.41) is 29.3. The third kappa shape index (κ3) is 3.09. The van der Waals surface area contributed by atoms with Crippen LogP contribution in [0, 0.1) is 0 Å². The van der Waals surface area contributed by atoms with Crippen molar-refractivity contribution in [2.24, 2.45) is 0 Å². The quantitative estimate of drug-likeness (QED) is 0.412. The SMILES string of the molecule is Nc1ncnc2c1ncn2C1OC(CSCn2nnc3ccccc32)C(O)C1O. The summed E-state index contributed by atoms with van der Waals surface area (Å²) in [6, 6.07) is 7.70. The Balaban J connectivity index is 1.29. The first kappa shape index (κ1) is 18.2. The van der Waals surface area contributed by atoms with Gasteiger partial charge in [0.25, 0.3) is 0 Å². The molecule has 0 radical (unpaired) electrons. The van der Waals surface area contributed by atoms with E-state index in [1.165, 1.54) is 24.4 Å². The van der Waals surface area contributed by atoms with Crippen LogP contribution in [0.4, 0.5) is 5.82 Å². The molecule has 11 nitrogen and oxygen atoms in total. The zero-order valence-electron chi connectivity index (χ0n) is 15.1. The van der Waals surface area contributed by atoms with E-state index in [9.17, 15) is 10.2 Å².